The van der Waals surface area contributed by atoms with Gasteiger partial charge in [-0.2, -0.15) is 0 Å². The van der Waals surface area contributed by atoms with E-state index in [1.165, 1.54) is 5.56 Å². The van der Waals surface area contributed by atoms with Gasteiger partial charge in [0.15, 0.2) is 0 Å². The molecular weight excluding hydrogens is 212 g/mol. The molecule has 3 heteroatoms. The highest BCUT2D eigenvalue weighted by atomic mass is 16.5. The summed E-state index contributed by atoms with van der Waals surface area (Å²) in [6, 6.07) is 8.88. The van der Waals surface area contributed by atoms with Crippen LogP contribution >= 0.6 is 0 Å². The smallest absolute Gasteiger partial charge is 0.122 e. The largest absolute Gasteiger partial charge is 0.493 e. The van der Waals surface area contributed by atoms with Crippen LogP contribution in [0.4, 0.5) is 0 Å². The Hall–Kier alpha value is -1.06. The summed E-state index contributed by atoms with van der Waals surface area (Å²) in [5.41, 5.74) is 6.95. The summed E-state index contributed by atoms with van der Waals surface area (Å²) in [6.07, 6.45) is 1.05. The molecule has 0 fully saturated rings. The van der Waals surface area contributed by atoms with E-state index in [-0.39, 0.29) is 0 Å². The normalized spacial score (nSPS) is 20.1. The average molecular weight is 234 g/mol. The molecule has 0 aliphatic carbocycles. The number of rotatable bonds is 5. The molecule has 1 aromatic carbocycles. The highest BCUT2D eigenvalue weighted by molar-refractivity contribution is 5.39. The molecule has 0 saturated heterocycles. The van der Waals surface area contributed by atoms with Crippen molar-refractivity contribution in [3.8, 4) is 5.75 Å². The van der Waals surface area contributed by atoms with Gasteiger partial charge in [0.25, 0.3) is 0 Å². The van der Waals surface area contributed by atoms with Crippen LogP contribution in [0.5, 0.6) is 5.75 Å². The van der Waals surface area contributed by atoms with E-state index in [2.05, 4.69) is 37.1 Å². The number of hydrogen-bond donors (Lipinski definition) is 1. The molecule has 0 amide bonds. The molecule has 1 heterocycles. The molecule has 1 aliphatic heterocycles. The van der Waals surface area contributed by atoms with Crippen molar-refractivity contribution in [1.29, 1.82) is 0 Å². The summed E-state index contributed by atoms with van der Waals surface area (Å²) in [7, 11) is 2.17. The van der Waals surface area contributed by atoms with E-state index in [1.54, 1.807) is 0 Å². The average Bonchev–Trinajstić information content (AvgIpc) is 2.73. The van der Waals surface area contributed by atoms with E-state index in [4.69, 9.17) is 10.5 Å². The topological polar surface area (TPSA) is 38.5 Å². The van der Waals surface area contributed by atoms with Gasteiger partial charge in [-0.05, 0) is 33.0 Å². The van der Waals surface area contributed by atoms with Crippen LogP contribution in [0.1, 0.15) is 24.8 Å². The quantitative estimate of drug-likeness (QED) is 0.844. The Morgan fingerprint density at radius 3 is 3.00 bits per heavy atom. The summed E-state index contributed by atoms with van der Waals surface area (Å²) < 4.78 is 5.70. The van der Waals surface area contributed by atoms with Gasteiger partial charge in [-0.25, -0.2) is 0 Å². The van der Waals surface area contributed by atoms with Crippen molar-refractivity contribution in [1.82, 2.24) is 4.90 Å². The molecule has 1 aromatic rings. The van der Waals surface area contributed by atoms with Crippen LogP contribution in [0.3, 0.4) is 0 Å². The fraction of sp³-hybridized carbons (Fsp3) is 0.571. The summed E-state index contributed by atoms with van der Waals surface area (Å²) >= 11 is 0. The maximum atomic E-state index is 5.70. The van der Waals surface area contributed by atoms with Crippen molar-refractivity contribution >= 4 is 0 Å². The fourth-order valence-electron chi connectivity index (χ4n) is 2.37. The van der Waals surface area contributed by atoms with Crippen LogP contribution in [0, 0.1) is 0 Å². The van der Waals surface area contributed by atoms with E-state index >= 15 is 0 Å². The molecule has 0 aromatic heterocycles. The van der Waals surface area contributed by atoms with E-state index < -0.39 is 0 Å². The highest BCUT2D eigenvalue weighted by Gasteiger charge is 2.25. The first-order valence-corrected chi connectivity index (χ1v) is 6.34. The van der Waals surface area contributed by atoms with E-state index in [9.17, 15) is 0 Å². The number of likely N-dealkylation sites (N-methyl/N-ethyl adjacent to an activating group) is 1. The lowest BCUT2D eigenvalue weighted by molar-refractivity contribution is 0.216. The van der Waals surface area contributed by atoms with Gasteiger partial charge >= 0.3 is 0 Å². The molecule has 0 bridgehead atoms. The Morgan fingerprint density at radius 1 is 1.47 bits per heavy atom. The zero-order chi connectivity index (χ0) is 12.3. The third-order valence-electron chi connectivity index (χ3n) is 3.64. The summed E-state index contributed by atoms with van der Waals surface area (Å²) in [6.45, 7) is 4.83. The second-order valence-corrected chi connectivity index (χ2v) is 4.91. The summed E-state index contributed by atoms with van der Waals surface area (Å²) in [5.74, 6) is 1.55. The Morgan fingerprint density at radius 2 is 2.24 bits per heavy atom. The van der Waals surface area contributed by atoms with Crippen LogP contribution in [0.2, 0.25) is 0 Å². The number of nitrogens with zero attached hydrogens (tertiary/aromatic N) is 1. The molecule has 2 rings (SSSR count). The molecule has 94 valence electrons. The second kappa shape index (κ2) is 5.52. The second-order valence-electron chi connectivity index (χ2n) is 4.91. The van der Waals surface area contributed by atoms with Crippen molar-refractivity contribution in [2.45, 2.75) is 25.3 Å². The predicted octanol–water partition coefficient (Wildman–Crippen LogP) is 1.83. The van der Waals surface area contributed by atoms with Gasteiger partial charge in [0, 0.05) is 24.1 Å². The molecule has 0 radical (unpaired) electrons. The lowest BCUT2D eigenvalue weighted by Crippen LogP contribution is -2.34. The first-order chi connectivity index (χ1) is 8.22. The van der Waals surface area contributed by atoms with Crippen molar-refractivity contribution in [3.05, 3.63) is 29.8 Å². The number of ether oxygens (including phenoxy) is 1. The third-order valence-corrected chi connectivity index (χ3v) is 3.64. The Labute approximate surface area is 104 Å². The van der Waals surface area contributed by atoms with Gasteiger partial charge in [-0.1, -0.05) is 18.2 Å². The molecule has 2 N–H and O–H groups in total. The minimum absolute atomic E-state index is 0.497. The van der Waals surface area contributed by atoms with Crippen molar-refractivity contribution in [2.24, 2.45) is 5.73 Å². The molecule has 1 aliphatic rings. The van der Waals surface area contributed by atoms with E-state index in [0.29, 0.717) is 12.0 Å². The van der Waals surface area contributed by atoms with Crippen LogP contribution in [-0.4, -0.2) is 37.7 Å². The first kappa shape index (κ1) is 12.4. The van der Waals surface area contributed by atoms with Crippen LogP contribution < -0.4 is 10.5 Å². The Kier molecular flexibility index (Phi) is 4.02. The lowest BCUT2D eigenvalue weighted by atomic mass is 10.00. The van der Waals surface area contributed by atoms with Gasteiger partial charge in [0.2, 0.25) is 0 Å². The third kappa shape index (κ3) is 2.79. The van der Waals surface area contributed by atoms with Crippen molar-refractivity contribution in [3.63, 3.8) is 0 Å². The number of nitrogens with two attached hydrogens (primary N) is 1. The number of para-hydroxylation sites is 1. The first-order valence-electron chi connectivity index (χ1n) is 6.34. The van der Waals surface area contributed by atoms with Crippen molar-refractivity contribution < 1.29 is 4.74 Å². The van der Waals surface area contributed by atoms with Gasteiger partial charge in [0.05, 0.1) is 6.61 Å². The minimum atomic E-state index is 0.497. The molecule has 0 spiro atoms. The predicted molar refractivity (Wildman–Crippen MR) is 70.4 cm³/mol. The maximum Gasteiger partial charge on any atom is 0.122 e. The maximum absolute atomic E-state index is 5.70. The van der Waals surface area contributed by atoms with Gasteiger partial charge in [-0.15, -0.1) is 0 Å². The minimum Gasteiger partial charge on any atom is -0.493 e. The Balaban J connectivity index is 1.97. The number of benzene rings is 1. The standard InChI is InChI=1S/C14H22N2O/c1-11(7-8-15)16(2)9-12-10-17-14-6-4-3-5-13(12)14/h3-6,11-12H,7-10,15H2,1-2H3. The lowest BCUT2D eigenvalue weighted by Gasteiger charge is -2.26. The number of hydrogen-bond acceptors (Lipinski definition) is 3. The molecule has 17 heavy (non-hydrogen) atoms. The zero-order valence-corrected chi connectivity index (χ0v) is 10.7. The molecular formula is C14H22N2O. The van der Waals surface area contributed by atoms with Gasteiger partial charge < -0.3 is 15.4 Å². The van der Waals surface area contributed by atoms with Crippen LogP contribution in [0.25, 0.3) is 0 Å². The zero-order valence-electron chi connectivity index (χ0n) is 10.7. The molecule has 0 saturated carbocycles. The van der Waals surface area contributed by atoms with Gasteiger partial charge in [-0.3, -0.25) is 0 Å². The van der Waals surface area contributed by atoms with E-state index in [0.717, 1.165) is 31.9 Å². The number of fused-ring (bicyclic) bond motifs is 1. The van der Waals surface area contributed by atoms with E-state index in [1.807, 2.05) is 6.07 Å². The fourth-order valence-corrected chi connectivity index (χ4v) is 2.37. The SMILES string of the molecule is CC(CCN)N(C)CC1COc2ccccc21. The molecule has 2 atom stereocenters. The summed E-state index contributed by atoms with van der Waals surface area (Å²) in [4.78, 5) is 2.38. The van der Waals surface area contributed by atoms with Crippen LogP contribution in [-0.2, 0) is 0 Å². The summed E-state index contributed by atoms with van der Waals surface area (Å²) in [5, 5.41) is 0. The van der Waals surface area contributed by atoms with Crippen molar-refractivity contribution in [2.75, 3.05) is 26.7 Å². The van der Waals surface area contributed by atoms with Gasteiger partial charge in [0.1, 0.15) is 5.75 Å². The highest BCUT2D eigenvalue weighted by Crippen LogP contribution is 2.33. The molecule has 3 nitrogen and oxygen atoms in total. The monoisotopic (exact) mass is 234 g/mol. The Bertz CT molecular complexity index is 367. The molecule has 2 unspecified atom stereocenters. The van der Waals surface area contributed by atoms with Crippen LogP contribution in [0.15, 0.2) is 24.3 Å².